The van der Waals surface area contributed by atoms with E-state index < -0.39 is 32.9 Å². The van der Waals surface area contributed by atoms with E-state index in [0.717, 1.165) is 34.0 Å². The SMILES string of the molecule is Cc1ccc(C(=O)c2c(-c3ccc(C)cc3)nn(-c3ccc([N+](=O)[O-])cc3[N+](=O)[O-])c2C(=O)Nc2ccccc2)cc1. The molecule has 0 aliphatic rings. The van der Waals surface area contributed by atoms with Crippen molar-refractivity contribution in [3.05, 3.63) is 145 Å². The van der Waals surface area contributed by atoms with Crippen LogP contribution in [-0.4, -0.2) is 31.3 Å². The first kappa shape index (κ1) is 27.6. The lowest BCUT2D eigenvalue weighted by atomic mass is 9.96. The summed E-state index contributed by atoms with van der Waals surface area (Å²) < 4.78 is 1.01. The Hall–Kier alpha value is -5.97. The monoisotopic (exact) mass is 561 g/mol. The molecule has 11 heteroatoms. The van der Waals surface area contributed by atoms with E-state index in [2.05, 4.69) is 10.4 Å². The van der Waals surface area contributed by atoms with Crippen LogP contribution in [0.2, 0.25) is 0 Å². The average Bonchev–Trinajstić information content (AvgIpc) is 3.38. The number of carbonyl (C=O) groups is 2. The summed E-state index contributed by atoms with van der Waals surface area (Å²) in [6.07, 6.45) is 0. The number of anilines is 1. The van der Waals surface area contributed by atoms with Crippen LogP contribution in [-0.2, 0) is 0 Å². The molecule has 5 rings (SSSR count). The van der Waals surface area contributed by atoms with E-state index in [1.54, 1.807) is 66.7 Å². The number of nitrogens with zero attached hydrogens (tertiary/aromatic N) is 4. The summed E-state index contributed by atoms with van der Waals surface area (Å²) in [4.78, 5) is 50.1. The number of benzene rings is 4. The molecule has 11 nitrogen and oxygen atoms in total. The summed E-state index contributed by atoms with van der Waals surface area (Å²) in [5, 5.41) is 30.8. The summed E-state index contributed by atoms with van der Waals surface area (Å²) in [6, 6.07) is 25.4. The fraction of sp³-hybridized carbons (Fsp3) is 0.0645. The zero-order chi connectivity index (χ0) is 30.0. The van der Waals surface area contributed by atoms with Crippen molar-refractivity contribution < 1.29 is 19.4 Å². The largest absolute Gasteiger partial charge is 0.321 e. The number of hydrogen-bond donors (Lipinski definition) is 1. The van der Waals surface area contributed by atoms with Crippen LogP contribution in [0.4, 0.5) is 17.1 Å². The van der Waals surface area contributed by atoms with Gasteiger partial charge in [0.1, 0.15) is 17.1 Å². The van der Waals surface area contributed by atoms with Gasteiger partial charge in [-0.3, -0.25) is 29.8 Å². The van der Waals surface area contributed by atoms with Gasteiger partial charge < -0.3 is 5.32 Å². The molecule has 0 unspecified atom stereocenters. The van der Waals surface area contributed by atoms with E-state index in [1.165, 1.54) is 0 Å². The molecule has 1 heterocycles. The van der Waals surface area contributed by atoms with Gasteiger partial charge in [0.05, 0.1) is 21.5 Å². The smallest absolute Gasteiger partial charge is 0.301 e. The molecule has 0 spiro atoms. The lowest BCUT2D eigenvalue weighted by Gasteiger charge is -2.11. The Balaban J connectivity index is 1.84. The molecular formula is C31H23N5O6. The number of carbonyl (C=O) groups excluding carboxylic acids is 2. The molecule has 1 aromatic heterocycles. The predicted octanol–water partition coefficient (Wildman–Crippen LogP) is 6.46. The summed E-state index contributed by atoms with van der Waals surface area (Å²) in [5.74, 6) is -1.28. The number of para-hydroxylation sites is 1. The van der Waals surface area contributed by atoms with Crippen LogP contribution in [0.3, 0.4) is 0 Å². The summed E-state index contributed by atoms with van der Waals surface area (Å²) in [6.45, 7) is 3.76. The van der Waals surface area contributed by atoms with Gasteiger partial charge >= 0.3 is 5.69 Å². The van der Waals surface area contributed by atoms with Gasteiger partial charge in [-0.25, -0.2) is 4.68 Å². The van der Waals surface area contributed by atoms with Crippen molar-refractivity contribution in [1.82, 2.24) is 9.78 Å². The minimum atomic E-state index is -0.796. The van der Waals surface area contributed by atoms with E-state index in [1.807, 2.05) is 26.0 Å². The number of aromatic nitrogens is 2. The molecule has 0 atom stereocenters. The quantitative estimate of drug-likeness (QED) is 0.130. The number of aryl methyl sites for hydroxylation is 2. The maximum atomic E-state index is 14.1. The zero-order valence-electron chi connectivity index (χ0n) is 22.5. The molecule has 0 saturated heterocycles. The van der Waals surface area contributed by atoms with Crippen molar-refractivity contribution in [3.63, 3.8) is 0 Å². The number of rotatable bonds is 8. The second-order valence-corrected chi connectivity index (χ2v) is 9.55. The number of ketones is 1. The second kappa shape index (κ2) is 11.3. The Bertz CT molecular complexity index is 1850. The number of nitrogens with one attached hydrogen (secondary N) is 1. The molecule has 0 radical (unpaired) electrons. The van der Waals surface area contributed by atoms with Crippen LogP contribution < -0.4 is 5.32 Å². The first-order valence-electron chi connectivity index (χ1n) is 12.7. The predicted molar refractivity (Wildman–Crippen MR) is 156 cm³/mol. The van der Waals surface area contributed by atoms with Crippen LogP contribution in [0.5, 0.6) is 0 Å². The molecule has 0 aliphatic carbocycles. The molecule has 1 N–H and O–H groups in total. The molecule has 1 amide bonds. The number of hydrogen-bond acceptors (Lipinski definition) is 7. The normalized spacial score (nSPS) is 10.7. The summed E-state index contributed by atoms with van der Waals surface area (Å²) in [5.41, 5.74) is 1.43. The van der Waals surface area contributed by atoms with Crippen molar-refractivity contribution in [1.29, 1.82) is 0 Å². The fourth-order valence-electron chi connectivity index (χ4n) is 4.44. The highest BCUT2D eigenvalue weighted by Gasteiger charge is 2.33. The van der Waals surface area contributed by atoms with Gasteiger partial charge in [0.25, 0.3) is 11.6 Å². The maximum absolute atomic E-state index is 14.1. The fourth-order valence-corrected chi connectivity index (χ4v) is 4.44. The number of non-ortho nitro benzene ring substituents is 1. The molecule has 5 aromatic rings. The third-order valence-corrected chi connectivity index (χ3v) is 6.59. The molecule has 4 aromatic carbocycles. The second-order valence-electron chi connectivity index (χ2n) is 9.55. The molecular weight excluding hydrogens is 538 g/mol. The standard InChI is InChI=1S/C31H23N5O6/c1-19-8-12-21(13-9-19)28-27(30(37)22-14-10-20(2)11-15-22)29(31(38)32-23-6-4-3-5-7-23)34(33-28)25-17-16-24(35(39)40)18-26(25)36(41)42/h3-18H,1-2H3,(H,32,38). The number of amides is 1. The maximum Gasteiger partial charge on any atom is 0.301 e. The third-order valence-electron chi connectivity index (χ3n) is 6.59. The molecule has 0 bridgehead atoms. The third kappa shape index (κ3) is 5.39. The summed E-state index contributed by atoms with van der Waals surface area (Å²) in [7, 11) is 0. The Morgan fingerprint density at radius 2 is 1.40 bits per heavy atom. The van der Waals surface area contributed by atoms with Crippen LogP contribution in [0.1, 0.15) is 37.5 Å². The van der Waals surface area contributed by atoms with E-state index in [0.29, 0.717) is 11.3 Å². The van der Waals surface area contributed by atoms with Crippen molar-refractivity contribution in [2.75, 3.05) is 5.32 Å². The van der Waals surface area contributed by atoms with Crippen molar-refractivity contribution in [2.24, 2.45) is 0 Å². The molecule has 0 saturated carbocycles. The minimum absolute atomic E-state index is 0.0798. The lowest BCUT2D eigenvalue weighted by Crippen LogP contribution is -2.21. The molecule has 208 valence electrons. The van der Waals surface area contributed by atoms with Crippen LogP contribution in [0, 0.1) is 34.1 Å². The van der Waals surface area contributed by atoms with Gasteiger partial charge in [0, 0.05) is 22.9 Å². The van der Waals surface area contributed by atoms with Crippen LogP contribution >= 0.6 is 0 Å². The highest BCUT2D eigenvalue weighted by molar-refractivity contribution is 6.20. The Kier molecular flexibility index (Phi) is 7.40. The zero-order valence-corrected chi connectivity index (χ0v) is 22.5. The number of nitro benzene ring substituents is 2. The molecule has 42 heavy (non-hydrogen) atoms. The van der Waals surface area contributed by atoms with Gasteiger partial charge in [-0.15, -0.1) is 0 Å². The average molecular weight is 562 g/mol. The first-order valence-corrected chi connectivity index (χ1v) is 12.7. The highest BCUT2D eigenvalue weighted by atomic mass is 16.6. The van der Waals surface area contributed by atoms with E-state index in [-0.39, 0.29) is 28.2 Å². The van der Waals surface area contributed by atoms with E-state index >= 15 is 0 Å². The highest BCUT2D eigenvalue weighted by Crippen LogP contribution is 2.35. The lowest BCUT2D eigenvalue weighted by molar-refractivity contribution is -0.394. The molecule has 0 fully saturated rings. The van der Waals surface area contributed by atoms with Crippen LogP contribution in [0.15, 0.2) is 97.1 Å². The first-order chi connectivity index (χ1) is 20.1. The van der Waals surface area contributed by atoms with Crippen molar-refractivity contribution in [3.8, 4) is 16.9 Å². The van der Waals surface area contributed by atoms with Gasteiger partial charge in [-0.05, 0) is 32.0 Å². The van der Waals surface area contributed by atoms with Crippen molar-refractivity contribution >= 4 is 28.8 Å². The van der Waals surface area contributed by atoms with Gasteiger partial charge in [-0.2, -0.15) is 5.10 Å². The van der Waals surface area contributed by atoms with Crippen LogP contribution in [0.25, 0.3) is 16.9 Å². The van der Waals surface area contributed by atoms with Gasteiger partial charge in [0.2, 0.25) is 0 Å². The summed E-state index contributed by atoms with van der Waals surface area (Å²) >= 11 is 0. The van der Waals surface area contributed by atoms with Crippen molar-refractivity contribution in [2.45, 2.75) is 13.8 Å². The number of nitro groups is 2. The minimum Gasteiger partial charge on any atom is -0.321 e. The van der Waals surface area contributed by atoms with E-state index in [9.17, 15) is 29.8 Å². The van der Waals surface area contributed by atoms with E-state index in [4.69, 9.17) is 0 Å². The molecule has 0 aliphatic heterocycles. The Morgan fingerprint density at radius 1 is 0.786 bits per heavy atom. The van der Waals surface area contributed by atoms with Gasteiger partial charge in [-0.1, -0.05) is 77.9 Å². The topological polar surface area (TPSA) is 150 Å². The Labute approximate surface area is 239 Å². The Morgan fingerprint density at radius 3 is 2.00 bits per heavy atom. The van der Waals surface area contributed by atoms with Gasteiger partial charge in [0.15, 0.2) is 5.78 Å².